The predicted octanol–water partition coefficient (Wildman–Crippen LogP) is 9.57. The van der Waals surface area contributed by atoms with Crippen molar-refractivity contribution < 1.29 is 67.0 Å². The molecule has 0 spiro atoms. The zero-order chi connectivity index (χ0) is 57.1. The summed E-state index contributed by atoms with van der Waals surface area (Å²) in [5.41, 5.74) is 8.93. The molecule has 3 aliphatic heterocycles. The van der Waals surface area contributed by atoms with Crippen molar-refractivity contribution in [3.8, 4) is 5.75 Å². The number of unbranched alkanes of at least 4 members (excludes halogenated alkanes) is 2. The summed E-state index contributed by atoms with van der Waals surface area (Å²) < 4.78 is 54.2. The number of allylic oxidation sites excluding steroid dienone is 6. The van der Waals surface area contributed by atoms with Gasteiger partial charge in [0.05, 0.1) is 18.3 Å². The smallest absolute Gasteiger partial charge is 0.387 e. The van der Waals surface area contributed by atoms with Crippen molar-refractivity contribution in [2.24, 2.45) is 41.2 Å². The number of esters is 1. The number of ether oxygens (including phenoxy) is 5. The number of hydrogen-bond donors (Lipinski definition) is 5. The summed E-state index contributed by atoms with van der Waals surface area (Å²) in [7, 11) is 3.00. The number of nitrogens with zero attached hydrogens (tertiary/aromatic N) is 1. The molecule has 2 bridgehead atoms. The van der Waals surface area contributed by atoms with Crippen LogP contribution in [-0.2, 0) is 38.1 Å². The van der Waals surface area contributed by atoms with Crippen LogP contribution in [0.25, 0.3) is 0 Å². The lowest BCUT2D eigenvalue weighted by atomic mass is 9.78. The van der Waals surface area contributed by atoms with Gasteiger partial charge >= 0.3 is 12.6 Å². The van der Waals surface area contributed by atoms with Gasteiger partial charge in [-0.3, -0.25) is 14.4 Å². The van der Waals surface area contributed by atoms with Crippen molar-refractivity contribution in [3.63, 3.8) is 0 Å². The maximum atomic E-state index is 14.5. The second-order valence-corrected chi connectivity index (χ2v) is 23.0. The van der Waals surface area contributed by atoms with E-state index < -0.39 is 84.5 Å². The number of Topliss-reactive ketones (excluding diaryl/α,β-unsaturated/α-hetero) is 2. The number of alkyl halides is 2. The molecule has 0 aromatic heterocycles. The summed E-state index contributed by atoms with van der Waals surface area (Å²) in [6.07, 6.45) is 17.2. The Morgan fingerprint density at radius 2 is 1.65 bits per heavy atom. The van der Waals surface area contributed by atoms with Gasteiger partial charge in [-0.2, -0.15) is 8.78 Å². The Kier molecular flexibility index (Phi) is 26.1. The third kappa shape index (κ3) is 18.9. The molecule has 17 heteroatoms. The van der Waals surface area contributed by atoms with Crippen molar-refractivity contribution in [1.29, 1.82) is 0 Å². The van der Waals surface area contributed by atoms with E-state index in [0.29, 0.717) is 88.4 Å². The Labute approximate surface area is 462 Å². The number of hydrogen-bond acceptors (Lipinski definition) is 14. The quantitative estimate of drug-likeness (QED) is 0.0508. The average Bonchev–Trinajstić information content (AvgIpc) is 3.44. The van der Waals surface area contributed by atoms with Crippen LogP contribution in [0.2, 0.25) is 0 Å². The van der Waals surface area contributed by atoms with E-state index >= 15 is 0 Å². The number of ketones is 2. The molecular formula is C61H93F2N3O12. The SMILES string of the molecule is CO[C@@H]1CC(C[C@@H](C)[C@@H]2CC[C@H](N)/C=C(\C)[C@@H](O)[C@@H](OC)C(=O)[C@H](C)C[C@H](C)/C=C/C=C/C=C(\C)C(CCCCCNc3cccc(OC(F)F)c3)C[C@@H]3CCC(C)[C@@](O)(O3)C(=O)C(=O)N3CCCC[C@H]3C(=O)O2)CC[C@H]1O. The highest BCUT2D eigenvalue weighted by Crippen LogP contribution is 2.39. The number of cyclic esters (lactones) is 1. The molecule has 1 amide bonds. The van der Waals surface area contributed by atoms with Crippen molar-refractivity contribution >= 4 is 29.1 Å². The molecule has 2 saturated heterocycles. The van der Waals surface area contributed by atoms with Gasteiger partial charge in [-0.05, 0) is 152 Å². The van der Waals surface area contributed by atoms with Crippen molar-refractivity contribution in [1.82, 2.24) is 4.90 Å². The maximum Gasteiger partial charge on any atom is 0.387 e. The molecule has 1 aliphatic carbocycles. The van der Waals surface area contributed by atoms with Gasteiger partial charge in [-0.15, -0.1) is 0 Å². The molecule has 15 atom stereocenters. The number of amides is 1. The number of rotatable bonds is 14. The van der Waals surface area contributed by atoms with Crippen molar-refractivity contribution in [2.75, 3.05) is 32.6 Å². The number of aliphatic hydroxyl groups is 3. The van der Waals surface area contributed by atoms with Gasteiger partial charge in [0.2, 0.25) is 5.79 Å². The number of aliphatic hydroxyl groups excluding tert-OH is 2. The number of nitrogens with one attached hydrogen (secondary N) is 1. The van der Waals surface area contributed by atoms with Crippen LogP contribution < -0.4 is 15.8 Å². The number of methoxy groups -OCH3 is 2. The molecule has 3 unspecified atom stereocenters. The van der Waals surface area contributed by atoms with Gasteiger partial charge in [0.25, 0.3) is 11.7 Å². The fourth-order valence-electron chi connectivity index (χ4n) is 12.0. The fourth-order valence-corrected chi connectivity index (χ4v) is 12.0. The number of halogens is 2. The molecule has 1 aromatic carbocycles. The Morgan fingerprint density at radius 3 is 2.38 bits per heavy atom. The summed E-state index contributed by atoms with van der Waals surface area (Å²) in [5.74, 6) is -6.45. The summed E-state index contributed by atoms with van der Waals surface area (Å²) in [4.78, 5) is 58.7. The topological polar surface area (TPSA) is 216 Å². The highest BCUT2D eigenvalue weighted by Gasteiger charge is 2.53. The highest BCUT2D eigenvalue weighted by molar-refractivity contribution is 6.39. The lowest BCUT2D eigenvalue weighted by molar-refractivity contribution is -0.264. The number of carbonyl (C=O) groups excluding carboxylic acids is 4. The van der Waals surface area contributed by atoms with Crippen LogP contribution in [0.1, 0.15) is 151 Å². The van der Waals surface area contributed by atoms with Gasteiger partial charge in [0.1, 0.15) is 30.1 Å². The molecule has 1 aromatic rings. The first kappa shape index (κ1) is 64.5. The van der Waals surface area contributed by atoms with E-state index in [0.717, 1.165) is 37.7 Å². The first-order valence-corrected chi connectivity index (χ1v) is 28.8. The molecule has 78 heavy (non-hydrogen) atoms. The number of piperidine rings is 1. The van der Waals surface area contributed by atoms with Gasteiger partial charge < -0.3 is 55.0 Å². The molecule has 1 saturated carbocycles. The van der Waals surface area contributed by atoms with Gasteiger partial charge in [-0.25, -0.2) is 4.79 Å². The van der Waals surface area contributed by atoms with Crippen LogP contribution in [0.4, 0.5) is 14.5 Å². The third-order valence-corrected chi connectivity index (χ3v) is 16.9. The van der Waals surface area contributed by atoms with Crippen LogP contribution in [0.5, 0.6) is 5.75 Å². The van der Waals surface area contributed by atoms with Crippen molar-refractivity contribution in [3.05, 3.63) is 71.9 Å². The molecule has 3 fully saturated rings. The van der Waals surface area contributed by atoms with Crippen LogP contribution in [-0.4, -0.2) is 132 Å². The van der Waals surface area contributed by atoms with Gasteiger partial charge in [-0.1, -0.05) is 88.6 Å². The van der Waals surface area contributed by atoms with E-state index in [4.69, 9.17) is 24.7 Å². The minimum atomic E-state index is -2.91. The molecule has 5 rings (SSSR count). The second kappa shape index (κ2) is 31.6. The number of benzene rings is 1. The minimum Gasteiger partial charge on any atom is -0.461 e. The molecule has 3 heterocycles. The van der Waals surface area contributed by atoms with E-state index in [2.05, 4.69) is 10.1 Å². The van der Waals surface area contributed by atoms with Crippen LogP contribution in [0.3, 0.4) is 0 Å². The Balaban J connectivity index is 1.41. The zero-order valence-electron chi connectivity index (χ0n) is 47.7. The van der Waals surface area contributed by atoms with E-state index in [1.54, 1.807) is 39.2 Å². The summed E-state index contributed by atoms with van der Waals surface area (Å²) >= 11 is 0. The highest BCUT2D eigenvalue weighted by atomic mass is 19.3. The standard InChI is InChI=1S/C61H93F2N3O12/c1-38-18-11-9-12-19-39(2)45(20-13-10-15-30-65-47-21-17-22-48(37-47)76-60(62)63)36-49-27-24-43(6)61(73,78-49)57(70)58(71)66-31-16-14-23-50(66)59(72)77-52(40(3)33-44-25-28-51(67)53(35-44)74-7)29-26-46(64)34-42(5)55(69)56(75-8)54(68)41(4)32-38/h9,11-12,17-19,21-22,34,37-38,40-41,43-46,49-53,55-56,60,65,67,69,73H,10,13-16,20,23-33,35-36,64H2,1-8H3/b12-9+,18-11+,39-19+,42-34+/t38-,40-,41-,43?,44?,45?,46+,49+,50+,51-,52+,53-,55-,56+,61-/m1/s1. The van der Waals surface area contributed by atoms with Crippen LogP contribution >= 0.6 is 0 Å². The zero-order valence-corrected chi connectivity index (χ0v) is 47.7. The summed E-state index contributed by atoms with van der Waals surface area (Å²) in [6.45, 7) is 9.16. The fraction of sp³-hybridized carbons (Fsp3) is 0.705. The van der Waals surface area contributed by atoms with E-state index in [1.165, 1.54) is 24.1 Å². The molecule has 4 aliphatic rings. The predicted molar refractivity (Wildman–Crippen MR) is 296 cm³/mol. The number of nitrogens with two attached hydrogens (primary N) is 1. The van der Waals surface area contributed by atoms with Gasteiger partial charge in [0.15, 0.2) is 5.78 Å². The normalized spacial score (nSPS) is 35.6. The number of fused-ring (bicyclic) bond motifs is 3. The molecule has 0 radical (unpaired) electrons. The Morgan fingerprint density at radius 1 is 0.885 bits per heavy atom. The largest absolute Gasteiger partial charge is 0.461 e. The third-order valence-electron chi connectivity index (χ3n) is 16.9. The lowest BCUT2D eigenvalue weighted by Gasteiger charge is -2.43. The maximum absolute atomic E-state index is 14.5. The summed E-state index contributed by atoms with van der Waals surface area (Å²) in [5, 5.41) is 37.6. The van der Waals surface area contributed by atoms with Crippen LogP contribution in [0.15, 0.2) is 71.9 Å². The Hall–Kier alpha value is -4.36. The average molecular weight is 1100 g/mol. The Bertz CT molecular complexity index is 2210. The lowest BCUT2D eigenvalue weighted by Crippen LogP contribution is -2.60. The molecular weight excluding hydrogens is 1000 g/mol. The molecule has 6 N–H and O–H groups in total. The van der Waals surface area contributed by atoms with Gasteiger partial charge in [0, 0.05) is 56.9 Å². The van der Waals surface area contributed by atoms with E-state index in [-0.39, 0.29) is 54.3 Å². The minimum absolute atomic E-state index is 0.0158. The first-order chi connectivity index (χ1) is 37.1. The van der Waals surface area contributed by atoms with E-state index in [9.17, 15) is 43.3 Å². The first-order valence-electron chi connectivity index (χ1n) is 28.8. The number of carbonyl (C=O) groups is 4. The molecule has 15 nitrogen and oxygen atoms in total. The molecule has 438 valence electrons. The second-order valence-electron chi connectivity index (χ2n) is 23.0. The van der Waals surface area contributed by atoms with E-state index in [1.807, 2.05) is 58.1 Å². The monoisotopic (exact) mass is 1100 g/mol. The van der Waals surface area contributed by atoms with Crippen LogP contribution in [0, 0.1) is 35.5 Å². The summed E-state index contributed by atoms with van der Waals surface area (Å²) in [6, 6.07) is 4.78. The number of anilines is 1. The van der Waals surface area contributed by atoms with Crippen molar-refractivity contribution in [2.45, 2.75) is 212 Å².